The molecule has 0 bridgehead atoms. The molecule has 7 rings (SSSR count). The lowest BCUT2D eigenvalue weighted by atomic mass is 9.64. The predicted octanol–water partition coefficient (Wildman–Crippen LogP) is 8.55. The third-order valence-electron chi connectivity index (χ3n) is 7.65. The number of phenols is 1. The van der Waals surface area contributed by atoms with E-state index in [-0.39, 0.29) is 0 Å². The van der Waals surface area contributed by atoms with Gasteiger partial charge >= 0.3 is 0 Å². The predicted molar refractivity (Wildman–Crippen MR) is 150 cm³/mol. The van der Waals surface area contributed by atoms with Gasteiger partial charge in [-0.1, -0.05) is 127 Å². The molecule has 1 nitrogen and oxygen atoms in total. The third-order valence-corrected chi connectivity index (χ3v) is 7.65. The van der Waals surface area contributed by atoms with Crippen LogP contribution in [0.25, 0.3) is 33.5 Å². The van der Waals surface area contributed by atoms with Crippen molar-refractivity contribution in [1.82, 2.24) is 0 Å². The highest BCUT2D eigenvalue weighted by atomic mass is 16.3. The molecule has 0 radical (unpaired) electrons. The average molecular weight is 461 g/mol. The molecule has 0 aliphatic heterocycles. The minimum Gasteiger partial charge on any atom is -0.507 e. The number of allylic oxidation sites excluding steroid dienone is 5. The van der Waals surface area contributed by atoms with Gasteiger partial charge in [0, 0.05) is 5.39 Å². The number of rotatable bonds is 3. The lowest BCUT2D eigenvalue weighted by molar-refractivity contribution is 0.481. The maximum atomic E-state index is 10.7. The highest BCUT2D eigenvalue weighted by Crippen LogP contribution is 2.55. The summed E-state index contributed by atoms with van der Waals surface area (Å²) in [5.74, 6) is 0.308. The summed E-state index contributed by atoms with van der Waals surface area (Å²) < 4.78 is 0. The Kier molecular flexibility index (Phi) is 4.59. The molecule has 0 amide bonds. The highest BCUT2D eigenvalue weighted by Gasteiger charge is 2.42. The SMILES string of the molecule is Oc1ccc(C2(c3ccccc3)C=CC=C3C2=Cc2c3cccc2-c2ccccc2)c2ccccc12. The fourth-order valence-electron chi connectivity index (χ4n) is 6.05. The van der Waals surface area contributed by atoms with Gasteiger partial charge in [0.1, 0.15) is 5.75 Å². The van der Waals surface area contributed by atoms with Gasteiger partial charge in [0.05, 0.1) is 5.41 Å². The first-order valence-corrected chi connectivity index (χ1v) is 12.3. The number of fused-ring (bicyclic) bond motifs is 4. The number of hydrogen-bond donors (Lipinski definition) is 1. The molecule has 5 aromatic carbocycles. The van der Waals surface area contributed by atoms with E-state index in [2.05, 4.69) is 121 Å². The van der Waals surface area contributed by atoms with Crippen molar-refractivity contribution in [1.29, 1.82) is 0 Å². The monoisotopic (exact) mass is 460 g/mol. The molecule has 2 aliphatic carbocycles. The van der Waals surface area contributed by atoms with Crippen LogP contribution in [0.4, 0.5) is 0 Å². The summed E-state index contributed by atoms with van der Waals surface area (Å²) in [6, 6.07) is 40.1. The average Bonchev–Trinajstić information content (AvgIpc) is 3.34. The molecule has 0 heterocycles. The van der Waals surface area contributed by atoms with Gasteiger partial charge in [0.2, 0.25) is 0 Å². The van der Waals surface area contributed by atoms with E-state index in [1.54, 1.807) is 0 Å². The summed E-state index contributed by atoms with van der Waals surface area (Å²) in [5, 5.41) is 12.6. The number of hydrogen-bond acceptors (Lipinski definition) is 1. The maximum Gasteiger partial charge on any atom is 0.123 e. The Morgan fingerprint density at radius 2 is 1.28 bits per heavy atom. The molecular weight excluding hydrogens is 436 g/mol. The van der Waals surface area contributed by atoms with Crippen molar-refractivity contribution in [2.75, 3.05) is 0 Å². The largest absolute Gasteiger partial charge is 0.507 e. The maximum absolute atomic E-state index is 10.7. The molecule has 1 heteroatoms. The standard InChI is InChI=1S/C35H24O/c36-34-21-20-32(29-15-7-8-16-30(29)34)35(25-13-5-2-6-14-25)22-10-19-28-27-18-9-17-26(31(27)23-33(28)35)24-11-3-1-4-12-24/h1-23,36H. The van der Waals surface area contributed by atoms with Gasteiger partial charge in [0.25, 0.3) is 0 Å². The topological polar surface area (TPSA) is 20.2 Å². The van der Waals surface area contributed by atoms with Crippen LogP contribution in [0.15, 0.2) is 139 Å². The van der Waals surface area contributed by atoms with E-state index in [0.717, 1.165) is 10.8 Å². The van der Waals surface area contributed by atoms with Gasteiger partial charge in [-0.05, 0) is 62.1 Å². The number of phenolic OH excluding ortho intramolecular Hbond substituents is 1. The van der Waals surface area contributed by atoms with Crippen LogP contribution in [0, 0.1) is 0 Å². The van der Waals surface area contributed by atoms with Crippen LogP contribution in [0.5, 0.6) is 5.75 Å². The van der Waals surface area contributed by atoms with Gasteiger partial charge in [-0.2, -0.15) is 0 Å². The Balaban J connectivity index is 1.56. The van der Waals surface area contributed by atoms with Crippen molar-refractivity contribution in [3.8, 4) is 16.9 Å². The fraction of sp³-hybridized carbons (Fsp3) is 0.0286. The Bertz CT molecular complexity index is 1720. The van der Waals surface area contributed by atoms with Gasteiger partial charge < -0.3 is 5.11 Å². The van der Waals surface area contributed by atoms with Crippen LogP contribution < -0.4 is 0 Å². The Labute approximate surface area is 211 Å². The van der Waals surface area contributed by atoms with Crippen LogP contribution >= 0.6 is 0 Å². The van der Waals surface area contributed by atoms with Crippen LogP contribution in [0.1, 0.15) is 22.3 Å². The van der Waals surface area contributed by atoms with Crippen molar-refractivity contribution in [3.05, 3.63) is 161 Å². The zero-order valence-electron chi connectivity index (χ0n) is 19.7. The molecule has 2 aliphatic rings. The van der Waals surface area contributed by atoms with Crippen LogP contribution in [-0.4, -0.2) is 5.11 Å². The van der Waals surface area contributed by atoms with Crippen LogP contribution in [-0.2, 0) is 5.41 Å². The minimum atomic E-state index is -0.494. The van der Waals surface area contributed by atoms with E-state index in [1.807, 2.05) is 18.2 Å². The molecule has 0 fully saturated rings. The zero-order valence-corrected chi connectivity index (χ0v) is 19.7. The van der Waals surface area contributed by atoms with Crippen LogP contribution in [0.3, 0.4) is 0 Å². The molecule has 0 aromatic heterocycles. The Hall–Kier alpha value is -4.62. The summed E-state index contributed by atoms with van der Waals surface area (Å²) in [7, 11) is 0. The number of benzene rings is 5. The van der Waals surface area contributed by atoms with Crippen molar-refractivity contribution in [2.45, 2.75) is 5.41 Å². The number of aromatic hydroxyl groups is 1. The second kappa shape index (κ2) is 7.96. The fourth-order valence-corrected chi connectivity index (χ4v) is 6.05. The van der Waals surface area contributed by atoms with Crippen molar-refractivity contribution in [2.24, 2.45) is 0 Å². The Morgan fingerprint density at radius 3 is 2.08 bits per heavy atom. The van der Waals surface area contributed by atoms with Crippen molar-refractivity contribution >= 4 is 22.4 Å². The third kappa shape index (κ3) is 2.90. The quantitative estimate of drug-likeness (QED) is 0.286. The molecule has 0 spiro atoms. The summed E-state index contributed by atoms with van der Waals surface area (Å²) in [5.41, 5.74) is 9.40. The smallest absolute Gasteiger partial charge is 0.123 e. The molecule has 1 N–H and O–H groups in total. The molecule has 1 unspecified atom stereocenters. The van der Waals surface area contributed by atoms with Crippen LogP contribution in [0.2, 0.25) is 0 Å². The van der Waals surface area contributed by atoms with Crippen molar-refractivity contribution < 1.29 is 5.11 Å². The molecule has 0 saturated heterocycles. The van der Waals surface area contributed by atoms with E-state index in [1.165, 1.54) is 44.5 Å². The summed E-state index contributed by atoms with van der Waals surface area (Å²) in [4.78, 5) is 0. The van der Waals surface area contributed by atoms with Gasteiger partial charge in [0.15, 0.2) is 0 Å². The molecule has 36 heavy (non-hydrogen) atoms. The molecule has 170 valence electrons. The molecule has 1 atom stereocenters. The lowest BCUT2D eigenvalue weighted by Crippen LogP contribution is -2.29. The second-order valence-electron chi connectivity index (χ2n) is 9.48. The first-order valence-electron chi connectivity index (χ1n) is 12.3. The van der Waals surface area contributed by atoms with E-state index < -0.39 is 5.41 Å². The minimum absolute atomic E-state index is 0.308. The first kappa shape index (κ1) is 20.7. The van der Waals surface area contributed by atoms with Gasteiger partial charge in [-0.3, -0.25) is 0 Å². The zero-order chi connectivity index (χ0) is 24.1. The highest BCUT2D eigenvalue weighted by molar-refractivity contribution is 6.05. The summed E-state index contributed by atoms with van der Waals surface area (Å²) >= 11 is 0. The normalized spacial score (nSPS) is 17.9. The molecule has 5 aromatic rings. The molecular formula is C35H24O. The van der Waals surface area contributed by atoms with Gasteiger partial charge in [-0.15, -0.1) is 0 Å². The van der Waals surface area contributed by atoms with Gasteiger partial charge in [-0.25, -0.2) is 0 Å². The first-order chi connectivity index (χ1) is 17.8. The second-order valence-corrected chi connectivity index (χ2v) is 9.48. The summed E-state index contributed by atoms with van der Waals surface area (Å²) in [6.45, 7) is 0. The van der Waals surface area contributed by atoms with E-state index >= 15 is 0 Å². The lowest BCUT2D eigenvalue weighted by Gasteiger charge is -2.37. The molecule has 0 saturated carbocycles. The van der Waals surface area contributed by atoms with E-state index in [4.69, 9.17) is 0 Å². The summed E-state index contributed by atoms with van der Waals surface area (Å²) in [6.07, 6.45) is 9.16. The van der Waals surface area contributed by atoms with E-state index in [0.29, 0.717) is 5.75 Å². The van der Waals surface area contributed by atoms with E-state index in [9.17, 15) is 5.11 Å². The Morgan fingerprint density at radius 1 is 0.583 bits per heavy atom. The van der Waals surface area contributed by atoms with Crippen molar-refractivity contribution in [3.63, 3.8) is 0 Å².